The molecule has 1 amide bonds. The molecule has 3 aromatic carbocycles. The van der Waals surface area contributed by atoms with Gasteiger partial charge in [-0.25, -0.2) is 4.98 Å². The normalized spacial score (nSPS) is 12.2. The molecule has 1 unspecified atom stereocenters. The zero-order valence-electron chi connectivity index (χ0n) is 18.4. The maximum absolute atomic E-state index is 12.5. The van der Waals surface area contributed by atoms with Crippen LogP contribution in [0.4, 0.5) is 0 Å². The van der Waals surface area contributed by atoms with Crippen molar-refractivity contribution in [3.63, 3.8) is 0 Å². The molecule has 1 heterocycles. The van der Waals surface area contributed by atoms with Gasteiger partial charge in [-0.15, -0.1) is 0 Å². The lowest BCUT2D eigenvalue weighted by Crippen LogP contribution is -2.29. The van der Waals surface area contributed by atoms with Crippen LogP contribution < -0.4 is 10.1 Å². The first-order chi connectivity index (χ1) is 15.4. The van der Waals surface area contributed by atoms with Crippen LogP contribution in [0.2, 0.25) is 5.02 Å². The molecule has 1 N–H and O–H groups in total. The summed E-state index contributed by atoms with van der Waals surface area (Å²) < 4.78 is 8.30. The summed E-state index contributed by atoms with van der Waals surface area (Å²) in [7, 11) is 0. The lowest BCUT2D eigenvalue weighted by Gasteiger charge is -2.17. The first kappa shape index (κ1) is 21.9. The molecule has 0 aliphatic heterocycles. The molecule has 164 valence electrons. The molecular formula is C26H26ClN3O2. The van der Waals surface area contributed by atoms with E-state index < -0.39 is 0 Å². The highest BCUT2D eigenvalue weighted by Gasteiger charge is 2.20. The van der Waals surface area contributed by atoms with Gasteiger partial charge in [0.1, 0.15) is 5.75 Å². The zero-order chi connectivity index (χ0) is 22.7. The number of fused-ring (bicyclic) bond motifs is 1. The molecule has 1 aromatic heterocycles. The monoisotopic (exact) mass is 447 g/mol. The average Bonchev–Trinajstić information content (AvgIpc) is 3.12. The number of para-hydroxylation sites is 1. The standard InChI is InChI=1S/C26H26ClN3O2/c1-17(2)28-26(31)20-12-13-24-23(15-20)29-25(18(3)32-22-10-5-4-6-11-22)30(24)16-19-8-7-9-21(27)14-19/h4-15,17-18H,16H2,1-3H3,(H,28,31). The highest BCUT2D eigenvalue weighted by molar-refractivity contribution is 6.30. The number of halogens is 1. The van der Waals surface area contributed by atoms with E-state index in [0.717, 1.165) is 28.2 Å². The predicted octanol–water partition coefficient (Wildman–Crippen LogP) is 6.02. The Hall–Kier alpha value is -3.31. The maximum atomic E-state index is 12.5. The van der Waals surface area contributed by atoms with E-state index >= 15 is 0 Å². The zero-order valence-corrected chi connectivity index (χ0v) is 19.1. The number of rotatable bonds is 7. The van der Waals surface area contributed by atoms with Gasteiger partial charge in [0.05, 0.1) is 11.0 Å². The molecule has 32 heavy (non-hydrogen) atoms. The van der Waals surface area contributed by atoms with Gasteiger partial charge in [-0.3, -0.25) is 4.79 Å². The van der Waals surface area contributed by atoms with Gasteiger partial charge in [0.15, 0.2) is 11.9 Å². The van der Waals surface area contributed by atoms with Crippen molar-refractivity contribution in [1.82, 2.24) is 14.9 Å². The number of imidazole rings is 1. The van der Waals surface area contributed by atoms with Crippen LogP contribution in [0.25, 0.3) is 11.0 Å². The van der Waals surface area contributed by atoms with Gasteiger partial charge in [-0.05, 0) is 68.8 Å². The molecule has 5 nitrogen and oxygen atoms in total. The Morgan fingerprint density at radius 2 is 1.81 bits per heavy atom. The minimum absolute atomic E-state index is 0.0634. The highest BCUT2D eigenvalue weighted by Crippen LogP contribution is 2.27. The predicted molar refractivity (Wildman–Crippen MR) is 128 cm³/mol. The summed E-state index contributed by atoms with van der Waals surface area (Å²) in [5, 5.41) is 3.62. The summed E-state index contributed by atoms with van der Waals surface area (Å²) in [4.78, 5) is 17.4. The summed E-state index contributed by atoms with van der Waals surface area (Å²) >= 11 is 6.22. The van der Waals surface area contributed by atoms with Gasteiger partial charge >= 0.3 is 0 Å². The van der Waals surface area contributed by atoms with Crippen molar-refractivity contribution in [1.29, 1.82) is 0 Å². The lowest BCUT2D eigenvalue weighted by atomic mass is 10.1. The highest BCUT2D eigenvalue weighted by atomic mass is 35.5. The van der Waals surface area contributed by atoms with E-state index in [-0.39, 0.29) is 18.1 Å². The van der Waals surface area contributed by atoms with Crippen LogP contribution in [-0.4, -0.2) is 21.5 Å². The largest absolute Gasteiger partial charge is 0.483 e. The van der Waals surface area contributed by atoms with E-state index in [1.165, 1.54) is 0 Å². The number of amides is 1. The average molecular weight is 448 g/mol. The second kappa shape index (κ2) is 9.45. The van der Waals surface area contributed by atoms with Crippen molar-refractivity contribution in [2.45, 2.75) is 39.5 Å². The fourth-order valence-corrected chi connectivity index (χ4v) is 3.90. The molecule has 0 saturated carbocycles. The number of nitrogens with one attached hydrogen (secondary N) is 1. The van der Waals surface area contributed by atoms with Crippen molar-refractivity contribution in [2.75, 3.05) is 0 Å². The van der Waals surface area contributed by atoms with E-state index in [9.17, 15) is 4.79 Å². The van der Waals surface area contributed by atoms with Crippen molar-refractivity contribution >= 4 is 28.5 Å². The molecule has 4 aromatic rings. The number of aromatic nitrogens is 2. The molecule has 1 atom stereocenters. The van der Waals surface area contributed by atoms with Crippen molar-refractivity contribution in [3.05, 3.63) is 94.8 Å². The number of carbonyl (C=O) groups excluding carboxylic acids is 1. The molecule has 0 fully saturated rings. The molecule has 0 aliphatic rings. The van der Waals surface area contributed by atoms with Crippen LogP contribution >= 0.6 is 11.6 Å². The van der Waals surface area contributed by atoms with Crippen LogP contribution in [0, 0.1) is 0 Å². The summed E-state index contributed by atoms with van der Waals surface area (Å²) in [6, 6.07) is 23.1. The number of hydrogen-bond donors (Lipinski definition) is 1. The van der Waals surface area contributed by atoms with Gasteiger partial charge < -0.3 is 14.6 Å². The van der Waals surface area contributed by atoms with E-state index in [1.54, 1.807) is 0 Å². The van der Waals surface area contributed by atoms with Crippen molar-refractivity contribution in [2.24, 2.45) is 0 Å². The minimum atomic E-state index is -0.295. The summed E-state index contributed by atoms with van der Waals surface area (Å²) in [5.74, 6) is 1.45. The molecule has 0 aliphatic carbocycles. The van der Waals surface area contributed by atoms with Crippen LogP contribution in [0.1, 0.15) is 48.6 Å². The number of ether oxygens (including phenoxy) is 1. The van der Waals surface area contributed by atoms with E-state index in [1.807, 2.05) is 93.6 Å². The van der Waals surface area contributed by atoms with Gasteiger partial charge in [0, 0.05) is 23.2 Å². The fourth-order valence-electron chi connectivity index (χ4n) is 3.69. The fraction of sp³-hybridized carbons (Fsp3) is 0.231. The van der Waals surface area contributed by atoms with Gasteiger partial charge in [-0.1, -0.05) is 41.9 Å². The molecular weight excluding hydrogens is 422 g/mol. The lowest BCUT2D eigenvalue weighted by molar-refractivity contribution is 0.0943. The minimum Gasteiger partial charge on any atom is -0.483 e. The molecule has 0 radical (unpaired) electrons. The Balaban J connectivity index is 1.75. The second-order valence-corrected chi connectivity index (χ2v) is 8.53. The third kappa shape index (κ3) is 4.94. The van der Waals surface area contributed by atoms with Crippen LogP contribution in [-0.2, 0) is 6.54 Å². The van der Waals surface area contributed by atoms with Crippen LogP contribution in [0.5, 0.6) is 5.75 Å². The number of benzene rings is 3. The summed E-state index contributed by atoms with van der Waals surface area (Å²) in [5.41, 5.74) is 3.33. The molecule has 0 bridgehead atoms. The first-order valence-corrected chi connectivity index (χ1v) is 11.1. The Labute approximate surface area is 193 Å². The number of hydrogen-bond acceptors (Lipinski definition) is 3. The Kier molecular flexibility index (Phi) is 6.47. The Morgan fingerprint density at radius 3 is 2.53 bits per heavy atom. The second-order valence-electron chi connectivity index (χ2n) is 8.09. The van der Waals surface area contributed by atoms with Gasteiger partial charge in [0.2, 0.25) is 0 Å². The van der Waals surface area contributed by atoms with Gasteiger partial charge in [-0.2, -0.15) is 0 Å². The number of nitrogens with zero attached hydrogens (tertiary/aromatic N) is 2. The Morgan fingerprint density at radius 1 is 1.03 bits per heavy atom. The Bertz CT molecular complexity index is 1230. The topological polar surface area (TPSA) is 56.1 Å². The number of carbonyl (C=O) groups is 1. The van der Waals surface area contributed by atoms with Crippen molar-refractivity contribution in [3.8, 4) is 5.75 Å². The van der Waals surface area contributed by atoms with E-state index in [2.05, 4.69) is 9.88 Å². The van der Waals surface area contributed by atoms with Crippen LogP contribution in [0.15, 0.2) is 72.8 Å². The molecule has 0 saturated heterocycles. The SMILES string of the molecule is CC(C)NC(=O)c1ccc2c(c1)nc(C(C)Oc1ccccc1)n2Cc1cccc(Cl)c1. The van der Waals surface area contributed by atoms with Gasteiger partial charge in [0.25, 0.3) is 5.91 Å². The summed E-state index contributed by atoms with van der Waals surface area (Å²) in [6.45, 7) is 6.45. The van der Waals surface area contributed by atoms with E-state index in [4.69, 9.17) is 21.3 Å². The molecule has 0 spiro atoms. The molecule has 6 heteroatoms. The van der Waals surface area contributed by atoms with Crippen molar-refractivity contribution < 1.29 is 9.53 Å². The third-order valence-corrected chi connectivity index (χ3v) is 5.34. The summed E-state index contributed by atoms with van der Waals surface area (Å²) in [6.07, 6.45) is -0.295. The molecule has 4 rings (SSSR count). The maximum Gasteiger partial charge on any atom is 0.251 e. The quantitative estimate of drug-likeness (QED) is 0.377. The van der Waals surface area contributed by atoms with E-state index in [0.29, 0.717) is 17.1 Å². The third-order valence-electron chi connectivity index (χ3n) is 5.11. The van der Waals surface area contributed by atoms with Crippen LogP contribution in [0.3, 0.4) is 0 Å². The first-order valence-electron chi connectivity index (χ1n) is 10.7. The smallest absolute Gasteiger partial charge is 0.251 e.